The van der Waals surface area contributed by atoms with Crippen molar-refractivity contribution < 1.29 is 18.1 Å². The molecule has 0 bridgehead atoms. The van der Waals surface area contributed by atoms with Crippen LogP contribution in [0.15, 0.2) is 23.1 Å². The van der Waals surface area contributed by atoms with Gasteiger partial charge in [0, 0.05) is 51.4 Å². The molecule has 0 aliphatic carbocycles. The van der Waals surface area contributed by atoms with Gasteiger partial charge in [-0.15, -0.1) is 24.8 Å². The van der Waals surface area contributed by atoms with Gasteiger partial charge in [0.25, 0.3) is 0 Å². The van der Waals surface area contributed by atoms with E-state index in [1.165, 1.54) is 13.2 Å². The standard InChI is InChI=1S/C13H20N4O5S.2ClH/c1-22-13-10-11(2-3-12(13)17(18)19)23(20,21)15-6-9-16-7-4-14-5-8-16;;/h2-3,10,14-15H,4-9H2,1H3;2*1H. The normalized spacial score (nSPS) is 14.9. The molecule has 144 valence electrons. The van der Waals surface area contributed by atoms with Crippen LogP contribution >= 0.6 is 24.8 Å². The number of sulfonamides is 1. The average molecular weight is 417 g/mol. The van der Waals surface area contributed by atoms with Crippen molar-refractivity contribution >= 4 is 40.5 Å². The topological polar surface area (TPSA) is 114 Å². The first-order valence-electron chi connectivity index (χ1n) is 7.19. The maximum absolute atomic E-state index is 12.3. The van der Waals surface area contributed by atoms with E-state index in [4.69, 9.17) is 4.74 Å². The Morgan fingerprint density at radius 1 is 1.32 bits per heavy atom. The van der Waals surface area contributed by atoms with Gasteiger partial charge >= 0.3 is 5.69 Å². The van der Waals surface area contributed by atoms with Crippen molar-refractivity contribution in [1.29, 1.82) is 0 Å². The van der Waals surface area contributed by atoms with Gasteiger partial charge in [-0.05, 0) is 6.07 Å². The fourth-order valence-electron chi connectivity index (χ4n) is 2.33. The van der Waals surface area contributed by atoms with E-state index in [-0.39, 0.29) is 47.7 Å². The summed E-state index contributed by atoms with van der Waals surface area (Å²) in [5.74, 6) is -0.0834. The third-order valence-electron chi connectivity index (χ3n) is 3.59. The van der Waals surface area contributed by atoms with Crippen molar-refractivity contribution in [2.75, 3.05) is 46.4 Å². The van der Waals surface area contributed by atoms with E-state index < -0.39 is 14.9 Å². The molecule has 0 radical (unpaired) electrons. The molecule has 1 saturated heterocycles. The molecule has 0 saturated carbocycles. The third kappa shape index (κ3) is 6.57. The lowest BCUT2D eigenvalue weighted by Crippen LogP contribution is -2.46. The molecular formula is C13H22Cl2N4O5S. The van der Waals surface area contributed by atoms with E-state index in [0.29, 0.717) is 6.54 Å². The van der Waals surface area contributed by atoms with Gasteiger partial charge in [0.15, 0.2) is 5.75 Å². The highest BCUT2D eigenvalue weighted by Crippen LogP contribution is 2.29. The smallest absolute Gasteiger partial charge is 0.310 e. The summed E-state index contributed by atoms with van der Waals surface area (Å²) in [6.07, 6.45) is 0. The molecule has 12 heteroatoms. The van der Waals surface area contributed by atoms with Crippen LogP contribution < -0.4 is 14.8 Å². The Morgan fingerprint density at radius 3 is 2.52 bits per heavy atom. The molecule has 0 amide bonds. The number of benzene rings is 1. The van der Waals surface area contributed by atoms with Gasteiger partial charge in [-0.25, -0.2) is 13.1 Å². The Morgan fingerprint density at radius 2 is 1.96 bits per heavy atom. The van der Waals surface area contributed by atoms with Gasteiger partial charge in [-0.1, -0.05) is 0 Å². The summed E-state index contributed by atoms with van der Waals surface area (Å²) >= 11 is 0. The molecular weight excluding hydrogens is 395 g/mol. The largest absolute Gasteiger partial charge is 0.490 e. The van der Waals surface area contributed by atoms with Crippen LogP contribution in [0.25, 0.3) is 0 Å². The van der Waals surface area contributed by atoms with Gasteiger partial charge in [0.2, 0.25) is 10.0 Å². The van der Waals surface area contributed by atoms with E-state index in [9.17, 15) is 18.5 Å². The second-order valence-corrected chi connectivity index (χ2v) is 6.85. The third-order valence-corrected chi connectivity index (χ3v) is 5.05. The minimum Gasteiger partial charge on any atom is -0.490 e. The molecule has 2 N–H and O–H groups in total. The SMILES string of the molecule is COc1cc(S(=O)(=O)NCCN2CCNCC2)ccc1[N+](=O)[O-].Cl.Cl. The summed E-state index contributed by atoms with van der Waals surface area (Å²) in [6, 6.07) is 3.49. The number of halogens is 2. The zero-order valence-corrected chi connectivity index (χ0v) is 16.1. The summed E-state index contributed by atoms with van der Waals surface area (Å²) in [6.45, 7) is 4.45. The van der Waals surface area contributed by atoms with Crippen LogP contribution in [-0.4, -0.2) is 64.6 Å². The van der Waals surface area contributed by atoms with Crippen LogP contribution in [-0.2, 0) is 10.0 Å². The van der Waals surface area contributed by atoms with Gasteiger partial charge in [-0.2, -0.15) is 0 Å². The molecule has 0 atom stereocenters. The molecule has 2 rings (SSSR count). The van der Waals surface area contributed by atoms with Crippen molar-refractivity contribution in [3.8, 4) is 5.75 Å². The van der Waals surface area contributed by atoms with E-state index in [1.807, 2.05) is 0 Å². The average Bonchev–Trinajstić information content (AvgIpc) is 2.55. The van der Waals surface area contributed by atoms with Gasteiger partial charge < -0.3 is 10.1 Å². The van der Waals surface area contributed by atoms with E-state index in [0.717, 1.165) is 38.3 Å². The van der Waals surface area contributed by atoms with Gasteiger partial charge in [-0.3, -0.25) is 15.0 Å². The minimum absolute atomic E-state index is 0. The van der Waals surface area contributed by atoms with E-state index >= 15 is 0 Å². The molecule has 0 aromatic heterocycles. The second kappa shape index (κ2) is 10.7. The molecule has 9 nitrogen and oxygen atoms in total. The molecule has 0 spiro atoms. The van der Waals surface area contributed by atoms with Crippen LogP contribution in [0.4, 0.5) is 5.69 Å². The lowest BCUT2D eigenvalue weighted by molar-refractivity contribution is -0.385. The number of hydrogen-bond donors (Lipinski definition) is 2. The highest BCUT2D eigenvalue weighted by Gasteiger charge is 2.21. The summed E-state index contributed by atoms with van der Waals surface area (Å²) < 4.78 is 31.9. The second-order valence-electron chi connectivity index (χ2n) is 5.08. The summed E-state index contributed by atoms with van der Waals surface area (Å²) in [7, 11) is -2.47. The first-order chi connectivity index (χ1) is 10.9. The Labute approximate surface area is 159 Å². The number of ether oxygens (including phenoxy) is 1. The minimum atomic E-state index is -3.73. The van der Waals surface area contributed by atoms with Crippen LogP contribution in [0.2, 0.25) is 0 Å². The first-order valence-corrected chi connectivity index (χ1v) is 8.67. The molecule has 1 heterocycles. The fraction of sp³-hybridized carbons (Fsp3) is 0.538. The molecule has 1 aliphatic heterocycles. The number of piperazine rings is 1. The van der Waals surface area contributed by atoms with Crippen molar-refractivity contribution in [2.45, 2.75) is 4.90 Å². The monoisotopic (exact) mass is 416 g/mol. The molecule has 25 heavy (non-hydrogen) atoms. The molecule has 0 unspecified atom stereocenters. The van der Waals surface area contributed by atoms with Crippen LogP contribution in [0, 0.1) is 10.1 Å². The first kappa shape index (κ1) is 23.8. The van der Waals surface area contributed by atoms with Crippen LogP contribution in [0.1, 0.15) is 0 Å². The van der Waals surface area contributed by atoms with Crippen molar-refractivity contribution in [2.24, 2.45) is 0 Å². The van der Waals surface area contributed by atoms with Crippen molar-refractivity contribution in [3.63, 3.8) is 0 Å². The number of nitrogens with one attached hydrogen (secondary N) is 2. The summed E-state index contributed by atoms with van der Waals surface area (Å²) in [5.41, 5.74) is -0.271. The Kier molecular flexibility index (Phi) is 10.2. The predicted octanol–water partition coefficient (Wildman–Crippen LogP) is 0.631. The zero-order valence-electron chi connectivity index (χ0n) is 13.6. The highest BCUT2D eigenvalue weighted by molar-refractivity contribution is 7.89. The molecule has 1 aromatic carbocycles. The van der Waals surface area contributed by atoms with Crippen LogP contribution in [0.3, 0.4) is 0 Å². The van der Waals surface area contributed by atoms with Crippen LogP contribution in [0.5, 0.6) is 5.75 Å². The fourth-order valence-corrected chi connectivity index (χ4v) is 3.37. The van der Waals surface area contributed by atoms with Crippen molar-refractivity contribution in [3.05, 3.63) is 28.3 Å². The summed E-state index contributed by atoms with van der Waals surface area (Å²) in [5, 5.41) is 14.1. The Balaban J connectivity index is 0.00000288. The van der Waals surface area contributed by atoms with E-state index in [2.05, 4.69) is 14.9 Å². The maximum Gasteiger partial charge on any atom is 0.310 e. The lowest BCUT2D eigenvalue weighted by Gasteiger charge is -2.27. The number of hydrogen-bond acceptors (Lipinski definition) is 7. The van der Waals surface area contributed by atoms with Crippen molar-refractivity contribution in [1.82, 2.24) is 14.9 Å². The molecule has 1 fully saturated rings. The number of methoxy groups -OCH3 is 1. The Bertz CT molecular complexity index is 668. The molecule has 1 aliphatic rings. The maximum atomic E-state index is 12.3. The number of nitrogens with zero attached hydrogens (tertiary/aromatic N) is 2. The highest BCUT2D eigenvalue weighted by atomic mass is 35.5. The number of nitro benzene ring substituents is 1. The lowest BCUT2D eigenvalue weighted by atomic mass is 10.3. The number of rotatable bonds is 7. The van der Waals surface area contributed by atoms with Gasteiger partial charge in [0.05, 0.1) is 16.9 Å². The quantitative estimate of drug-likeness (QED) is 0.494. The zero-order chi connectivity index (χ0) is 16.9. The molecule has 1 aromatic rings. The predicted molar refractivity (Wildman–Crippen MR) is 98.6 cm³/mol. The summed E-state index contributed by atoms with van der Waals surface area (Å²) in [4.78, 5) is 12.3. The van der Waals surface area contributed by atoms with Gasteiger partial charge in [0.1, 0.15) is 0 Å². The van der Waals surface area contributed by atoms with E-state index in [1.54, 1.807) is 0 Å². The Hall–Kier alpha value is -1.17. The number of nitro groups is 1.